The molecule has 2 atom stereocenters. The third kappa shape index (κ3) is 4.71. The highest BCUT2D eigenvalue weighted by atomic mass is 127. The third-order valence-corrected chi connectivity index (χ3v) is 5.79. The maximum absolute atomic E-state index is 4.53. The Kier molecular flexibility index (Phi) is 7.46. The second-order valence-electron chi connectivity index (χ2n) is 7.37. The molecule has 7 heteroatoms. The van der Waals surface area contributed by atoms with Crippen LogP contribution in [0.1, 0.15) is 37.1 Å². The zero-order chi connectivity index (χ0) is 19.3. The van der Waals surface area contributed by atoms with Crippen molar-refractivity contribution >= 4 is 35.6 Å². The maximum Gasteiger partial charge on any atom is 0.194 e. The van der Waals surface area contributed by atoms with E-state index in [1.165, 1.54) is 12.0 Å². The first-order valence-electron chi connectivity index (χ1n) is 10.1. The van der Waals surface area contributed by atoms with E-state index in [0.29, 0.717) is 18.4 Å². The molecule has 1 aromatic carbocycles. The number of nitrogens with zero attached hydrogens (tertiary/aromatic N) is 5. The second kappa shape index (κ2) is 10.0. The van der Waals surface area contributed by atoms with E-state index in [1.807, 2.05) is 35.8 Å². The van der Waals surface area contributed by atoms with Gasteiger partial charge in [-0.2, -0.15) is 0 Å². The standard InChI is InChI=1S/C22H28N6.HI/c1-3-17-16-27(14-12-19(17)18-9-5-4-6-10-18)22(23-2)24-15-21-26-25-20-11-7-8-13-28(20)21;/h4-11,13,17,19H,3,12,14-16H2,1-2H3,(H,23,24);1H. The number of halogens is 1. The molecule has 1 aliphatic rings. The van der Waals surface area contributed by atoms with E-state index < -0.39 is 0 Å². The second-order valence-corrected chi connectivity index (χ2v) is 7.37. The number of piperidine rings is 1. The van der Waals surface area contributed by atoms with Gasteiger partial charge >= 0.3 is 0 Å². The number of aromatic nitrogens is 3. The van der Waals surface area contributed by atoms with Crippen LogP contribution in [0.2, 0.25) is 0 Å². The Bertz CT molecular complexity index is 939. The molecule has 0 bridgehead atoms. The summed E-state index contributed by atoms with van der Waals surface area (Å²) in [5.41, 5.74) is 2.33. The summed E-state index contributed by atoms with van der Waals surface area (Å²) in [4.78, 5) is 6.92. The molecule has 2 unspecified atom stereocenters. The van der Waals surface area contributed by atoms with Gasteiger partial charge in [-0.25, -0.2) is 0 Å². The van der Waals surface area contributed by atoms with Gasteiger partial charge in [-0.05, 0) is 36.0 Å². The van der Waals surface area contributed by atoms with Gasteiger partial charge in [0.05, 0.1) is 6.54 Å². The number of rotatable bonds is 4. The number of hydrogen-bond acceptors (Lipinski definition) is 3. The van der Waals surface area contributed by atoms with Crippen LogP contribution in [0.3, 0.4) is 0 Å². The lowest BCUT2D eigenvalue weighted by molar-refractivity contribution is 0.215. The molecule has 4 rings (SSSR count). The first-order valence-corrected chi connectivity index (χ1v) is 10.1. The summed E-state index contributed by atoms with van der Waals surface area (Å²) in [5, 5.41) is 12.0. The van der Waals surface area contributed by atoms with Crippen LogP contribution < -0.4 is 5.32 Å². The van der Waals surface area contributed by atoms with Gasteiger partial charge in [0.2, 0.25) is 0 Å². The number of nitrogens with one attached hydrogen (secondary N) is 1. The number of hydrogen-bond donors (Lipinski definition) is 1. The van der Waals surface area contributed by atoms with Crippen LogP contribution in [0.5, 0.6) is 0 Å². The molecule has 0 spiro atoms. The molecule has 29 heavy (non-hydrogen) atoms. The van der Waals surface area contributed by atoms with E-state index in [-0.39, 0.29) is 24.0 Å². The molecule has 3 heterocycles. The first kappa shape index (κ1) is 21.5. The van der Waals surface area contributed by atoms with Crippen molar-refractivity contribution < 1.29 is 0 Å². The highest BCUT2D eigenvalue weighted by Gasteiger charge is 2.30. The molecule has 0 saturated carbocycles. The van der Waals surface area contributed by atoms with E-state index in [2.05, 4.69) is 62.7 Å². The highest BCUT2D eigenvalue weighted by molar-refractivity contribution is 14.0. The minimum absolute atomic E-state index is 0. The van der Waals surface area contributed by atoms with Gasteiger partial charge in [-0.15, -0.1) is 34.2 Å². The highest BCUT2D eigenvalue weighted by Crippen LogP contribution is 2.34. The van der Waals surface area contributed by atoms with Crippen molar-refractivity contribution in [2.45, 2.75) is 32.2 Å². The summed E-state index contributed by atoms with van der Waals surface area (Å²) in [5.74, 6) is 3.09. The molecule has 6 nitrogen and oxygen atoms in total. The Morgan fingerprint density at radius 2 is 1.93 bits per heavy atom. The molecular weight excluding hydrogens is 475 g/mol. The predicted molar refractivity (Wildman–Crippen MR) is 128 cm³/mol. The number of benzene rings is 1. The van der Waals surface area contributed by atoms with E-state index >= 15 is 0 Å². The zero-order valence-electron chi connectivity index (χ0n) is 17.0. The number of pyridine rings is 1. The Hall–Kier alpha value is -2.16. The predicted octanol–water partition coefficient (Wildman–Crippen LogP) is 3.94. The summed E-state index contributed by atoms with van der Waals surface area (Å²) in [6.45, 7) is 4.93. The summed E-state index contributed by atoms with van der Waals surface area (Å²) in [7, 11) is 1.86. The van der Waals surface area contributed by atoms with Crippen molar-refractivity contribution in [3.63, 3.8) is 0 Å². The lowest BCUT2D eigenvalue weighted by Gasteiger charge is -2.40. The van der Waals surface area contributed by atoms with E-state index in [9.17, 15) is 0 Å². The average Bonchev–Trinajstić information content (AvgIpc) is 3.18. The van der Waals surface area contributed by atoms with Crippen LogP contribution in [0.15, 0.2) is 59.7 Å². The van der Waals surface area contributed by atoms with Gasteiger partial charge < -0.3 is 10.2 Å². The monoisotopic (exact) mass is 504 g/mol. The molecular formula is C22H29IN6. The lowest BCUT2D eigenvalue weighted by atomic mass is 9.79. The van der Waals surface area contributed by atoms with E-state index in [1.54, 1.807) is 0 Å². The van der Waals surface area contributed by atoms with Crippen LogP contribution in [0, 0.1) is 5.92 Å². The van der Waals surface area contributed by atoms with Crippen LogP contribution in [-0.4, -0.2) is 45.6 Å². The quantitative estimate of drug-likeness (QED) is 0.332. The zero-order valence-corrected chi connectivity index (χ0v) is 19.4. The third-order valence-electron chi connectivity index (χ3n) is 5.79. The number of aliphatic imine (C=N–C) groups is 1. The largest absolute Gasteiger partial charge is 0.349 e. The van der Waals surface area contributed by atoms with Crippen LogP contribution in [0.4, 0.5) is 0 Å². The Labute approximate surface area is 189 Å². The van der Waals surface area contributed by atoms with Gasteiger partial charge in [0.15, 0.2) is 17.4 Å². The van der Waals surface area contributed by atoms with Crippen molar-refractivity contribution in [1.82, 2.24) is 24.8 Å². The van der Waals surface area contributed by atoms with Crippen molar-refractivity contribution in [3.8, 4) is 0 Å². The average molecular weight is 504 g/mol. The smallest absolute Gasteiger partial charge is 0.194 e. The van der Waals surface area contributed by atoms with Gasteiger partial charge in [-0.3, -0.25) is 9.39 Å². The van der Waals surface area contributed by atoms with Crippen LogP contribution in [0.25, 0.3) is 5.65 Å². The minimum atomic E-state index is 0. The summed E-state index contributed by atoms with van der Waals surface area (Å²) >= 11 is 0. The minimum Gasteiger partial charge on any atom is -0.349 e. The van der Waals surface area contributed by atoms with Gasteiger partial charge in [-0.1, -0.05) is 49.7 Å². The van der Waals surface area contributed by atoms with Crippen LogP contribution >= 0.6 is 24.0 Å². The molecule has 0 aliphatic carbocycles. The Balaban J connectivity index is 0.00000240. The molecule has 1 fully saturated rings. The Morgan fingerprint density at radius 1 is 1.14 bits per heavy atom. The normalized spacial score (nSPS) is 19.8. The molecule has 3 aromatic rings. The van der Waals surface area contributed by atoms with Crippen LogP contribution in [-0.2, 0) is 6.54 Å². The van der Waals surface area contributed by atoms with Gasteiger partial charge in [0.25, 0.3) is 0 Å². The fraction of sp³-hybridized carbons (Fsp3) is 0.409. The van der Waals surface area contributed by atoms with Gasteiger partial charge in [0.1, 0.15) is 0 Å². The fourth-order valence-electron chi connectivity index (χ4n) is 4.28. The SMILES string of the molecule is CCC1CN(C(=NC)NCc2nnc3ccccn23)CCC1c1ccccc1.I. The summed E-state index contributed by atoms with van der Waals surface area (Å²) in [6, 6.07) is 16.9. The molecule has 2 aromatic heterocycles. The lowest BCUT2D eigenvalue weighted by Crippen LogP contribution is -2.48. The Morgan fingerprint density at radius 3 is 2.69 bits per heavy atom. The maximum atomic E-state index is 4.53. The van der Waals surface area contributed by atoms with Crippen molar-refractivity contribution in [2.24, 2.45) is 10.9 Å². The summed E-state index contributed by atoms with van der Waals surface area (Å²) < 4.78 is 2.01. The van der Waals surface area contributed by atoms with E-state index in [0.717, 1.165) is 36.9 Å². The van der Waals surface area contributed by atoms with E-state index in [4.69, 9.17) is 0 Å². The molecule has 154 valence electrons. The molecule has 0 amide bonds. The number of guanidine groups is 1. The van der Waals surface area contributed by atoms with Crippen molar-refractivity contribution in [2.75, 3.05) is 20.1 Å². The van der Waals surface area contributed by atoms with Crippen molar-refractivity contribution in [1.29, 1.82) is 0 Å². The van der Waals surface area contributed by atoms with Gasteiger partial charge in [0, 0.05) is 26.3 Å². The molecule has 1 aliphatic heterocycles. The molecule has 1 saturated heterocycles. The number of likely N-dealkylation sites (tertiary alicyclic amines) is 1. The topological polar surface area (TPSA) is 57.8 Å². The number of fused-ring (bicyclic) bond motifs is 1. The summed E-state index contributed by atoms with van der Waals surface area (Å²) in [6.07, 6.45) is 4.31. The fourth-order valence-corrected chi connectivity index (χ4v) is 4.28. The molecule has 1 N–H and O–H groups in total. The first-order chi connectivity index (χ1) is 13.8. The molecule has 0 radical (unpaired) electrons. The van der Waals surface area contributed by atoms with Crippen molar-refractivity contribution in [3.05, 3.63) is 66.1 Å².